The van der Waals surface area contributed by atoms with Crippen LogP contribution in [0.15, 0.2) is 18.2 Å². The highest BCUT2D eigenvalue weighted by Gasteiger charge is 2.30. The summed E-state index contributed by atoms with van der Waals surface area (Å²) < 4.78 is 5.34. The molecule has 6 heteroatoms. The van der Waals surface area contributed by atoms with Crippen LogP contribution >= 0.6 is 11.6 Å². The van der Waals surface area contributed by atoms with Crippen LogP contribution in [0, 0.1) is 17.2 Å². The van der Waals surface area contributed by atoms with E-state index in [1.165, 1.54) is 19.1 Å². The molecule has 5 nitrogen and oxygen atoms in total. The van der Waals surface area contributed by atoms with Crippen LogP contribution in [-0.2, 0) is 4.79 Å². The summed E-state index contributed by atoms with van der Waals surface area (Å²) in [6.45, 7) is 6.53. The molecule has 1 atom stereocenters. The lowest BCUT2D eigenvalue weighted by Gasteiger charge is -2.27. The van der Waals surface area contributed by atoms with Crippen molar-refractivity contribution in [3.63, 3.8) is 0 Å². The molecule has 0 heterocycles. The Kier molecular flexibility index (Phi) is 5.95. The number of nitrogens with zero attached hydrogens (tertiary/aromatic N) is 1. The van der Waals surface area contributed by atoms with E-state index in [-0.39, 0.29) is 23.3 Å². The predicted octanol–water partition coefficient (Wildman–Crippen LogP) is 2.98. The van der Waals surface area contributed by atoms with E-state index in [1.807, 2.05) is 13.8 Å². The van der Waals surface area contributed by atoms with Gasteiger partial charge in [0, 0.05) is 5.56 Å². The summed E-state index contributed by atoms with van der Waals surface area (Å²) >= 11 is 6.01. The Morgan fingerprint density at radius 2 is 2.09 bits per heavy atom. The first-order chi connectivity index (χ1) is 10.2. The van der Waals surface area contributed by atoms with Crippen LogP contribution in [0.2, 0.25) is 5.02 Å². The topological polar surface area (TPSA) is 79.2 Å². The molecule has 0 radical (unpaired) electrons. The van der Waals surface area contributed by atoms with Crippen molar-refractivity contribution in [1.29, 1.82) is 5.26 Å². The van der Waals surface area contributed by atoms with E-state index < -0.39 is 11.4 Å². The molecule has 1 unspecified atom stereocenters. The van der Waals surface area contributed by atoms with Crippen molar-refractivity contribution in [2.75, 3.05) is 6.61 Å². The zero-order valence-corrected chi connectivity index (χ0v) is 13.8. The first-order valence-electron chi connectivity index (χ1n) is 6.85. The van der Waals surface area contributed by atoms with Crippen LogP contribution in [-0.4, -0.2) is 23.8 Å². The molecule has 0 saturated carbocycles. The van der Waals surface area contributed by atoms with Gasteiger partial charge in [-0.15, -0.1) is 0 Å². The van der Waals surface area contributed by atoms with E-state index in [0.29, 0.717) is 11.3 Å². The highest BCUT2D eigenvalue weighted by atomic mass is 35.5. The van der Waals surface area contributed by atoms with Gasteiger partial charge in [-0.25, -0.2) is 0 Å². The minimum absolute atomic E-state index is 0.0418. The number of hydrogen-bond donors (Lipinski definition) is 1. The number of ketones is 1. The fraction of sp³-hybridized carbons (Fsp3) is 0.438. The quantitative estimate of drug-likeness (QED) is 0.816. The van der Waals surface area contributed by atoms with E-state index in [9.17, 15) is 9.59 Å². The maximum Gasteiger partial charge on any atom is 0.259 e. The third-order valence-electron chi connectivity index (χ3n) is 3.48. The fourth-order valence-corrected chi connectivity index (χ4v) is 1.84. The molecular weight excluding hydrogens is 304 g/mol. The number of carbonyl (C=O) groups is 2. The Bertz CT molecular complexity index is 622. The largest absolute Gasteiger partial charge is 0.482 e. The summed E-state index contributed by atoms with van der Waals surface area (Å²) in [6, 6.07) is 6.70. The highest BCUT2D eigenvalue weighted by Crippen LogP contribution is 2.25. The molecule has 1 aromatic carbocycles. The van der Waals surface area contributed by atoms with E-state index in [1.54, 1.807) is 13.0 Å². The Morgan fingerprint density at radius 1 is 1.45 bits per heavy atom. The van der Waals surface area contributed by atoms with Crippen LogP contribution in [0.3, 0.4) is 0 Å². The smallest absolute Gasteiger partial charge is 0.259 e. The zero-order chi connectivity index (χ0) is 16.9. The summed E-state index contributed by atoms with van der Waals surface area (Å²) in [6.07, 6.45) is 0. The summed E-state index contributed by atoms with van der Waals surface area (Å²) in [4.78, 5) is 23.1. The molecule has 0 bridgehead atoms. The number of halogens is 1. The SMILES string of the molecule is CC(=O)c1ccc(OCC(=O)NC(C)(C#N)C(C)C)c(Cl)c1. The van der Waals surface area contributed by atoms with Gasteiger partial charge >= 0.3 is 0 Å². The molecule has 0 spiro atoms. The number of rotatable bonds is 6. The number of Topliss-reactive ketones (excluding diaryl/α,β-unsaturated/α-hetero) is 1. The van der Waals surface area contributed by atoms with Gasteiger partial charge in [-0.05, 0) is 38.0 Å². The first kappa shape index (κ1) is 18.0. The van der Waals surface area contributed by atoms with E-state index in [2.05, 4.69) is 11.4 Å². The Morgan fingerprint density at radius 3 is 2.55 bits per heavy atom. The fourth-order valence-electron chi connectivity index (χ4n) is 1.61. The second-order valence-corrected chi connectivity index (χ2v) is 5.91. The maximum atomic E-state index is 11.9. The van der Waals surface area contributed by atoms with Gasteiger partial charge in [-0.2, -0.15) is 5.26 Å². The minimum Gasteiger partial charge on any atom is -0.482 e. The molecule has 1 aromatic rings. The van der Waals surface area contributed by atoms with Crippen LogP contribution in [0.25, 0.3) is 0 Å². The standard InChI is InChI=1S/C16H19ClN2O3/c1-10(2)16(4,9-18)19-15(21)8-22-14-6-5-12(11(3)20)7-13(14)17/h5-7,10H,8H2,1-4H3,(H,19,21). The van der Waals surface area contributed by atoms with Crippen molar-refractivity contribution in [3.05, 3.63) is 28.8 Å². The van der Waals surface area contributed by atoms with Crippen molar-refractivity contribution >= 4 is 23.3 Å². The Balaban J connectivity index is 2.69. The maximum absolute atomic E-state index is 11.9. The summed E-state index contributed by atoms with van der Waals surface area (Å²) in [7, 11) is 0. The third kappa shape index (κ3) is 4.47. The number of hydrogen-bond acceptors (Lipinski definition) is 4. The highest BCUT2D eigenvalue weighted by molar-refractivity contribution is 6.32. The second kappa shape index (κ2) is 7.28. The van der Waals surface area contributed by atoms with E-state index in [0.717, 1.165) is 0 Å². The zero-order valence-electron chi connectivity index (χ0n) is 13.1. The molecule has 118 valence electrons. The average Bonchev–Trinajstić information content (AvgIpc) is 2.45. The summed E-state index contributed by atoms with van der Waals surface area (Å²) in [5, 5.41) is 12.1. The average molecular weight is 323 g/mol. The van der Waals surface area contributed by atoms with E-state index >= 15 is 0 Å². The van der Waals surface area contributed by atoms with Crippen LogP contribution in [0.1, 0.15) is 38.1 Å². The van der Waals surface area contributed by atoms with Gasteiger partial charge in [0.1, 0.15) is 11.3 Å². The molecule has 0 aliphatic rings. The van der Waals surface area contributed by atoms with Crippen molar-refractivity contribution in [2.24, 2.45) is 5.92 Å². The molecule has 1 amide bonds. The summed E-state index contributed by atoms with van der Waals surface area (Å²) in [5.74, 6) is -0.248. The molecule has 0 fully saturated rings. The lowest BCUT2D eigenvalue weighted by Crippen LogP contribution is -2.50. The van der Waals surface area contributed by atoms with Crippen LogP contribution in [0.5, 0.6) is 5.75 Å². The molecule has 22 heavy (non-hydrogen) atoms. The van der Waals surface area contributed by atoms with Gasteiger partial charge in [0.25, 0.3) is 5.91 Å². The monoisotopic (exact) mass is 322 g/mol. The van der Waals surface area contributed by atoms with E-state index in [4.69, 9.17) is 21.6 Å². The van der Waals surface area contributed by atoms with Gasteiger partial charge in [-0.1, -0.05) is 25.4 Å². The number of ether oxygens (including phenoxy) is 1. The van der Waals surface area contributed by atoms with Crippen LogP contribution in [0.4, 0.5) is 0 Å². The molecule has 1 N–H and O–H groups in total. The third-order valence-corrected chi connectivity index (χ3v) is 3.78. The van der Waals surface area contributed by atoms with Crippen molar-refractivity contribution in [1.82, 2.24) is 5.32 Å². The first-order valence-corrected chi connectivity index (χ1v) is 7.23. The minimum atomic E-state index is -0.956. The van der Waals surface area contributed by atoms with Gasteiger partial charge in [-0.3, -0.25) is 9.59 Å². The van der Waals surface area contributed by atoms with Crippen molar-refractivity contribution < 1.29 is 14.3 Å². The molecule has 0 saturated heterocycles. The normalized spacial score (nSPS) is 13.1. The lowest BCUT2D eigenvalue weighted by molar-refractivity contribution is -0.124. The number of nitrogens with one attached hydrogen (secondary N) is 1. The summed E-state index contributed by atoms with van der Waals surface area (Å²) in [5.41, 5.74) is -0.485. The van der Waals surface area contributed by atoms with Crippen molar-refractivity contribution in [2.45, 2.75) is 33.2 Å². The molecule has 0 aliphatic carbocycles. The molecule has 1 rings (SSSR count). The number of benzene rings is 1. The number of carbonyl (C=O) groups excluding carboxylic acids is 2. The van der Waals surface area contributed by atoms with Gasteiger partial charge in [0.2, 0.25) is 0 Å². The van der Waals surface area contributed by atoms with Gasteiger partial charge in [0.15, 0.2) is 12.4 Å². The van der Waals surface area contributed by atoms with Crippen molar-refractivity contribution in [3.8, 4) is 11.8 Å². The second-order valence-electron chi connectivity index (χ2n) is 5.51. The molecule has 0 aliphatic heterocycles. The lowest BCUT2D eigenvalue weighted by atomic mass is 9.90. The van der Waals surface area contributed by atoms with Gasteiger partial charge < -0.3 is 10.1 Å². The number of nitriles is 1. The van der Waals surface area contributed by atoms with Crippen LogP contribution < -0.4 is 10.1 Å². The predicted molar refractivity (Wildman–Crippen MR) is 84.0 cm³/mol. The Hall–Kier alpha value is -2.06. The molecule has 0 aromatic heterocycles. The van der Waals surface area contributed by atoms with Gasteiger partial charge in [0.05, 0.1) is 11.1 Å². The number of amides is 1. The Labute approximate surface area is 135 Å². The molecular formula is C16H19ClN2O3.